The van der Waals surface area contributed by atoms with E-state index in [0.717, 1.165) is 32.3 Å². The average molecular weight is 193 g/mol. The van der Waals surface area contributed by atoms with Crippen molar-refractivity contribution in [3.8, 4) is 0 Å². The fourth-order valence-corrected chi connectivity index (χ4v) is 1.76. The third kappa shape index (κ3) is 2.10. The second kappa shape index (κ2) is 4.42. The fourth-order valence-electron chi connectivity index (χ4n) is 1.76. The lowest BCUT2D eigenvalue weighted by atomic mass is 10.2. The Morgan fingerprint density at radius 3 is 2.75 bits per heavy atom. The van der Waals surface area contributed by atoms with Gasteiger partial charge in [0, 0.05) is 25.2 Å². The molecule has 0 aromatic heterocycles. The summed E-state index contributed by atoms with van der Waals surface area (Å²) in [4.78, 5) is 2.52. The molecule has 1 aliphatic heterocycles. The Labute approximate surface area is 79.6 Å². The second-order valence-electron chi connectivity index (χ2n) is 3.43. The van der Waals surface area contributed by atoms with Gasteiger partial charge in [-0.2, -0.15) is 0 Å². The SMILES string of the molecule is Cl.NCC1COCCN1C1CC1. The lowest BCUT2D eigenvalue weighted by molar-refractivity contribution is -0.00806. The van der Waals surface area contributed by atoms with Gasteiger partial charge in [0.05, 0.1) is 13.2 Å². The van der Waals surface area contributed by atoms with Crippen LogP contribution in [0.25, 0.3) is 0 Å². The maximum absolute atomic E-state index is 5.64. The van der Waals surface area contributed by atoms with E-state index in [1.165, 1.54) is 12.8 Å². The minimum atomic E-state index is 0. The average Bonchev–Trinajstić information content (AvgIpc) is 2.87. The van der Waals surface area contributed by atoms with Gasteiger partial charge in [0.1, 0.15) is 0 Å². The number of rotatable bonds is 2. The van der Waals surface area contributed by atoms with Crippen LogP contribution in [-0.2, 0) is 4.74 Å². The minimum Gasteiger partial charge on any atom is -0.378 e. The number of halogens is 1. The highest BCUT2D eigenvalue weighted by molar-refractivity contribution is 5.85. The van der Waals surface area contributed by atoms with Crippen LogP contribution in [0.15, 0.2) is 0 Å². The van der Waals surface area contributed by atoms with Gasteiger partial charge >= 0.3 is 0 Å². The first-order valence-corrected chi connectivity index (χ1v) is 4.45. The van der Waals surface area contributed by atoms with E-state index in [4.69, 9.17) is 10.5 Å². The van der Waals surface area contributed by atoms with E-state index in [2.05, 4.69) is 4.90 Å². The lowest BCUT2D eigenvalue weighted by Gasteiger charge is -2.34. The van der Waals surface area contributed by atoms with Crippen LogP contribution in [0.1, 0.15) is 12.8 Å². The van der Waals surface area contributed by atoms with Gasteiger partial charge in [-0.1, -0.05) is 0 Å². The highest BCUT2D eigenvalue weighted by atomic mass is 35.5. The molecule has 0 spiro atoms. The standard InChI is InChI=1S/C8H16N2O.ClH/c9-5-8-6-11-4-3-10(8)7-1-2-7;/h7-8H,1-6,9H2;1H. The predicted molar refractivity (Wildman–Crippen MR) is 50.6 cm³/mol. The molecule has 1 unspecified atom stereocenters. The molecule has 0 radical (unpaired) electrons. The van der Waals surface area contributed by atoms with Crippen LogP contribution in [0.2, 0.25) is 0 Å². The Morgan fingerprint density at radius 1 is 1.42 bits per heavy atom. The van der Waals surface area contributed by atoms with Gasteiger partial charge in [0.2, 0.25) is 0 Å². The maximum Gasteiger partial charge on any atom is 0.0634 e. The number of hydrogen-bond donors (Lipinski definition) is 1. The van der Waals surface area contributed by atoms with Crippen molar-refractivity contribution in [3.05, 3.63) is 0 Å². The number of ether oxygens (including phenoxy) is 1. The van der Waals surface area contributed by atoms with Gasteiger partial charge in [0.15, 0.2) is 0 Å². The molecule has 4 heteroatoms. The molecule has 1 saturated carbocycles. The van der Waals surface area contributed by atoms with E-state index >= 15 is 0 Å². The lowest BCUT2D eigenvalue weighted by Crippen LogP contribution is -2.50. The third-order valence-corrected chi connectivity index (χ3v) is 2.56. The molecule has 1 saturated heterocycles. The van der Waals surface area contributed by atoms with Crippen molar-refractivity contribution >= 4 is 12.4 Å². The Morgan fingerprint density at radius 2 is 2.17 bits per heavy atom. The quantitative estimate of drug-likeness (QED) is 0.681. The minimum absolute atomic E-state index is 0. The van der Waals surface area contributed by atoms with Gasteiger partial charge in [-0.15, -0.1) is 12.4 Å². The number of hydrogen-bond acceptors (Lipinski definition) is 3. The predicted octanol–water partition coefficient (Wildman–Crippen LogP) is 0.230. The number of morpholine rings is 1. The zero-order valence-electron chi connectivity index (χ0n) is 7.24. The summed E-state index contributed by atoms with van der Waals surface area (Å²) in [6, 6.07) is 1.34. The van der Waals surface area contributed by atoms with Crippen molar-refractivity contribution in [1.82, 2.24) is 4.90 Å². The van der Waals surface area contributed by atoms with Crippen LogP contribution in [0.4, 0.5) is 0 Å². The summed E-state index contributed by atoms with van der Waals surface area (Å²) in [5.74, 6) is 0. The molecule has 3 nitrogen and oxygen atoms in total. The van der Waals surface area contributed by atoms with Crippen molar-refractivity contribution in [2.45, 2.75) is 24.9 Å². The van der Waals surface area contributed by atoms with Crippen molar-refractivity contribution in [2.24, 2.45) is 5.73 Å². The van der Waals surface area contributed by atoms with E-state index in [1.54, 1.807) is 0 Å². The molecule has 0 bridgehead atoms. The molecule has 12 heavy (non-hydrogen) atoms. The summed E-state index contributed by atoms with van der Waals surface area (Å²) in [5, 5.41) is 0. The summed E-state index contributed by atoms with van der Waals surface area (Å²) in [7, 11) is 0. The van der Waals surface area contributed by atoms with Crippen LogP contribution < -0.4 is 5.73 Å². The van der Waals surface area contributed by atoms with E-state index in [1.807, 2.05) is 0 Å². The van der Waals surface area contributed by atoms with Crippen molar-refractivity contribution in [3.63, 3.8) is 0 Å². The molecule has 0 aromatic carbocycles. The van der Waals surface area contributed by atoms with Crippen LogP contribution >= 0.6 is 12.4 Å². The van der Waals surface area contributed by atoms with Gasteiger partial charge in [-0.3, -0.25) is 4.90 Å². The Hall–Kier alpha value is 0.170. The van der Waals surface area contributed by atoms with Gasteiger partial charge in [0.25, 0.3) is 0 Å². The van der Waals surface area contributed by atoms with Crippen LogP contribution in [0, 0.1) is 0 Å². The van der Waals surface area contributed by atoms with Gasteiger partial charge < -0.3 is 10.5 Å². The summed E-state index contributed by atoms with van der Waals surface area (Å²) < 4.78 is 5.36. The van der Waals surface area contributed by atoms with Gasteiger partial charge in [-0.25, -0.2) is 0 Å². The summed E-state index contributed by atoms with van der Waals surface area (Å²) in [6.07, 6.45) is 2.74. The van der Waals surface area contributed by atoms with Crippen molar-refractivity contribution in [2.75, 3.05) is 26.3 Å². The zero-order valence-corrected chi connectivity index (χ0v) is 8.05. The Bertz CT molecular complexity index is 141. The third-order valence-electron chi connectivity index (χ3n) is 2.56. The summed E-state index contributed by atoms with van der Waals surface area (Å²) in [5.41, 5.74) is 5.64. The molecule has 1 heterocycles. The van der Waals surface area contributed by atoms with E-state index in [0.29, 0.717) is 6.04 Å². The van der Waals surface area contributed by atoms with E-state index < -0.39 is 0 Å². The summed E-state index contributed by atoms with van der Waals surface area (Å²) >= 11 is 0. The van der Waals surface area contributed by atoms with Crippen LogP contribution in [0.5, 0.6) is 0 Å². The largest absolute Gasteiger partial charge is 0.378 e. The second-order valence-corrected chi connectivity index (χ2v) is 3.43. The van der Waals surface area contributed by atoms with E-state index in [9.17, 15) is 0 Å². The number of nitrogens with zero attached hydrogens (tertiary/aromatic N) is 1. The van der Waals surface area contributed by atoms with Crippen molar-refractivity contribution in [1.29, 1.82) is 0 Å². The first kappa shape index (κ1) is 10.3. The molecule has 0 aromatic rings. The molecule has 1 aliphatic carbocycles. The first-order chi connectivity index (χ1) is 5.42. The molecule has 72 valence electrons. The summed E-state index contributed by atoms with van der Waals surface area (Å²) in [6.45, 7) is 3.57. The molecule has 2 aliphatic rings. The highest BCUT2D eigenvalue weighted by Gasteiger charge is 2.34. The number of nitrogens with two attached hydrogens (primary N) is 1. The van der Waals surface area contributed by atoms with Crippen molar-refractivity contribution < 1.29 is 4.74 Å². The van der Waals surface area contributed by atoms with Crippen LogP contribution in [0.3, 0.4) is 0 Å². The molecular weight excluding hydrogens is 176 g/mol. The molecular formula is C8H17ClN2O. The first-order valence-electron chi connectivity index (χ1n) is 4.45. The molecule has 2 fully saturated rings. The van der Waals surface area contributed by atoms with Crippen LogP contribution in [-0.4, -0.2) is 43.3 Å². The topological polar surface area (TPSA) is 38.5 Å². The molecule has 2 rings (SSSR count). The molecule has 2 N–H and O–H groups in total. The molecule has 0 amide bonds. The monoisotopic (exact) mass is 192 g/mol. The molecule has 1 atom stereocenters. The Balaban J connectivity index is 0.000000720. The highest BCUT2D eigenvalue weighted by Crippen LogP contribution is 2.29. The smallest absolute Gasteiger partial charge is 0.0634 e. The zero-order chi connectivity index (χ0) is 7.68. The van der Waals surface area contributed by atoms with E-state index in [-0.39, 0.29) is 12.4 Å². The fraction of sp³-hybridized carbons (Fsp3) is 1.00. The normalized spacial score (nSPS) is 31.2. The Kier molecular flexibility index (Phi) is 3.77. The maximum atomic E-state index is 5.64. The van der Waals surface area contributed by atoms with Gasteiger partial charge in [-0.05, 0) is 12.8 Å².